The number of rotatable bonds is 5. The predicted molar refractivity (Wildman–Crippen MR) is 85.9 cm³/mol. The molecule has 0 bridgehead atoms. The Bertz CT molecular complexity index is 786. The molecule has 1 amide bonds. The van der Waals surface area contributed by atoms with E-state index >= 15 is 0 Å². The van der Waals surface area contributed by atoms with E-state index in [1.165, 1.54) is 0 Å². The van der Waals surface area contributed by atoms with Crippen molar-refractivity contribution in [2.24, 2.45) is 0 Å². The van der Waals surface area contributed by atoms with Gasteiger partial charge in [-0.3, -0.25) is 9.20 Å². The van der Waals surface area contributed by atoms with Crippen LogP contribution in [0.2, 0.25) is 0 Å². The van der Waals surface area contributed by atoms with Crippen LogP contribution in [-0.2, 0) is 11.3 Å². The molecule has 0 aromatic carbocycles. The van der Waals surface area contributed by atoms with Crippen LogP contribution in [0.25, 0.3) is 5.78 Å². The van der Waals surface area contributed by atoms with Gasteiger partial charge in [-0.05, 0) is 13.0 Å². The van der Waals surface area contributed by atoms with E-state index in [-0.39, 0.29) is 17.9 Å². The van der Waals surface area contributed by atoms with Crippen molar-refractivity contribution < 1.29 is 4.79 Å². The molecular weight excluding hydrogens is 292 g/mol. The minimum Gasteiger partial charge on any atom is -0.349 e. The molecule has 0 spiro atoms. The van der Waals surface area contributed by atoms with Gasteiger partial charge in [0.15, 0.2) is 0 Å². The molecule has 3 aromatic rings. The minimum absolute atomic E-state index is 0.0603. The molecule has 1 atom stereocenters. The maximum absolute atomic E-state index is 12.4. The maximum Gasteiger partial charge on any atom is 0.243 e. The first kappa shape index (κ1) is 15.2. The summed E-state index contributed by atoms with van der Waals surface area (Å²) in [5, 5.41) is 2.92. The molecule has 1 N–H and O–H groups in total. The number of fused-ring (bicyclic) bond motifs is 1. The quantitative estimate of drug-likeness (QED) is 0.781. The van der Waals surface area contributed by atoms with E-state index in [1.807, 2.05) is 40.5 Å². The monoisotopic (exact) mass is 312 g/mol. The first-order valence-electron chi connectivity index (χ1n) is 7.65. The lowest BCUT2D eigenvalue weighted by Crippen LogP contribution is -2.31. The topological polar surface area (TPSA) is 77.1 Å². The average molecular weight is 312 g/mol. The molecule has 120 valence electrons. The highest BCUT2D eigenvalue weighted by molar-refractivity contribution is 5.79. The van der Waals surface area contributed by atoms with Gasteiger partial charge < -0.3 is 9.88 Å². The maximum atomic E-state index is 12.4. The van der Waals surface area contributed by atoms with Crippen molar-refractivity contribution in [3.8, 4) is 0 Å². The number of carbonyl (C=O) groups excluding carboxylic acids is 1. The Hall–Kier alpha value is -2.70. The number of aromatic nitrogens is 5. The smallest absolute Gasteiger partial charge is 0.243 e. The largest absolute Gasteiger partial charge is 0.349 e. The number of carbonyl (C=O) groups is 1. The Morgan fingerprint density at radius 1 is 1.22 bits per heavy atom. The van der Waals surface area contributed by atoms with Crippen molar-refractivity contribution in [2.75, 3.05) is 0 Å². The van der Waals surface area contributed by atoms with Gasteiger partial charge in [0.2, 0.25) is 11.7 Å². The highest BCUT2D eigenvalue weighted by atomic mass is 16.2. The summed E-state index contributed by atoms with van der Waals surface area (Å²) in [4.78, 5) is 25.3. The van der Waals surface area contributed by atoms with Crippen LogP contribution >= 0.6 is 0 Å². The van der Waals surface area contributed by atoms with Gasteiger partial charge in [0.05, 0.1) is 12.2 Å². The Morgan fingerprint density at radius 3 is 2.78 bits per heavy atom. The van der Waals surface area contributed by atoms with Gasteiger partial charge in [-0.25, -0.2) is 15.0 Å². The molecule has 0 saturated heterocycles. The van der Waals surface area contributed by atoms with Crippen molar-refractivity contribution in [1.82, 2.24) is 29.2 Å². The lowest BCUT2D eigenvalue weighted by molar-refractivity contribution is -0.124. The highest BCUT2D eigenvalue weighted by Crippen LogP contribution is 2.17. The van der Waals surface area contributed by atoms with Crippen LogP contribution < -0.4 is 5.32 Å². The second-order valence-electron chi connectivity index (χ2n) is 5.80. The molecule has 0 saturated carbocycles. The molecule has 0 fully saturated rings. The molecule has 7 heteroatoms. The zero-order valence-electron chi connectivity index (χ0n) is 13.5. The SMILES string of the molecule is CC(C)c1nccn1[C@H](C)C(=O)NCc1cn2cccnc2n1. The summed E-state index contributed by atoms with van der Waals surface area (Å²) in [6, 6.07) is 1.52. The van der Waals surface area contributed by atoms with Gasteiger partial charge >= 0.3 is 0 Å². The summed E-state index contributed by atoms with van der Waals surface area (Å²) in [6.07, 6.45) is 9.01. The number of nitrogens with one attached hydrogen (secondary N) is 1. The minimum atomic E-state index is -0.315. The lowest BCUT2D eigenvalue weighted by Gasteiger charge is -2.17. The Kier molecular flexibility index (Phi) is 4.10. The van der Waals surface area contributed by atoms with Crippen LogP contribution in [0.1, 0.15) is 44.2 Å². The zero-order valence-corrected chi connectivity index (χ0v) is 13.5. The van der Waals surface area contributed by atoms with Gasteiger partial charge in [0, 0.05) is 36.9 Å². The van der Waals surface area contributed by atoms with Crippen molar-refractivity contribution >= 4 is 11.7 Å². The molecule has 0 unspecified atom stereocenters. The second-order valence-corrected chi connectivity index (χ2v) is 5.80. The third-order valence-electron chi connectivity index (χ3n) is 3.74. The van der Waals surface area contributed by atoms with Crippen LogP contribution in [0, 0.1) is 0 Å². The summed E-state index contributed by atoms with van der Waals surface area (Å²) < 4.78 is 3.74. The van der Waals surface area contributed by atoms with Crippen LogP contribution in [0.4, 0.5) is 0 Å². The predicted octanol–water partition coefficient (Wildman–Crippen LogP) is 1.93. The van der Waals surface area contributed by atoms with Crippen LogP contribution in [0.5, 0.6) is 0 Å². The number of amides is 1. The lowest BCUT2D eigenvalue weighted by atomic mass is 10.2. The van der Waals surface area contributed by atoms with Gasteiger partial charge in [-0.2, -0.15) is 0 Å². The Morgan fingerprint density at radius 2 is 2.04 bits per heavy atom. The second kappa shape index (κ2) is 6.20. The molecule has 23 heavy (non-hydrogen) atoms. The number of hydrogen-bond donors (Lipinski definition) is 1. The van der Waals surface area contributed by atoms with E-state index in [0.29, 0.717) is 12.3 Å². The fourth-order valence-electron chi connectivity index (χ4n) is 2.52. The average Bonchev–Trinajstić information content (AvgIpc) is 3.17. The fourth-order valence-corrected chi connectivity index (χ4v) is 2.52. The number of nitrogens with zero attached hydrogens (tertiary/aromatic N) is 5. The summed E-state index contributed by atoms with van der Waals surface area (Å²) >= 11 is 0. The Balaban J connectivity index is 1.67. The molecule has 7 nitrogen and oxygen atoms in total. The molecule has 3 heterocycles. The van der Waals surface area contributed by atoms with Crippen LogP contribution in [-0.4, -0.2) is 29.8 Å². The van der Waals surface area contributed by atoms with E-state index in [0.717, 1.165) is 11.5 Å². The Labute approximate surface area is 134 Å². The highest BCUT2D eigenvalue weighted by Gasteiger charge is 2.19. The molecule has 0 aliphatic carbocycles. The van der Waals surface area contributed by atoms with Gasteiger partial charge in [0.25, 0.3) is 0 Å². The standard InChI is InChI=1S/C16H20N6O/c1-11(2)14-17-6-8-22(14)12(3)15(23)19-9-13-10-21-7-4-5-18-16(21)20-13/h4-8,10-12H,9H2,1-3H3,(H,19,23)/t12-/m1/s1. The van der Waals surface area contributed by atoms with Gasteiger partial charge in [-0.1, -0.05) is 13.8 Å². The summed E-state index contributed by atoms with van der Waals surface area (Å²) in [7, 11) is 0. The van der Waals surface area contributed by atoms with Crippen molar-refractivity contribution in [3.63, 3.8) is 0 Å². The normalized spacial score (nSPS) is 12.7. The molecule has 0 radical (unpaired) electrons. The van der Waals surface area contributed by atoms with Crippen molar-refractivity contribution in [1.29, 1.82) is 0 Å². The van der Waals surface area contributed by atoms with Gasteiger partial charge in [0.1, 0.15) is 11.9 Å². The summed E-state index contributed by atoms with van der Waals surface area (Å²) in [5.74, 6) is 1.74. The number of imidazole rings is 2. The van der Waals surface area contributed by atoms with Gasteiger partial charge in [-0.15, -0.1) is 0 Å². The first-order chi connectivity index (χ1) is 11.1. The molecule has 3 rings (SSSR count). The van der Waals surface area contributed by atoms with E-state index in [2.05, 4.69) is 34.1 Å². The van der Waals surface area contributed by atoms with Crippen LogP contribution in [0.3, 0.4) is 0 Å². The third kappa shape index (κ3) is 3.08. The third-order valence-corrected chi connectivity index (χ3v) is 3.74. The first-order valence-corrected chi connectivity index (χ1v) is 7.65. The summed E-state index contributed by atoms with van der Waals surface area (Å²) in [5.41, 5.74) is 0.777. The van der Waals surface area contributed by atoms with E-state index in [4.69, 9.17) is 0 Å². The fraction of sp³-hybridized carbons (Fsp3) is 0.375. The zero-order chi connectivity index (χ0) is 16.4. The molecular formula is C16H20N6O. The summed E-state index contributed by atoms with van der Waals surface area (Å²) in [6.45, 7) is 6.37. The van der Waals surface area contributed by atoms with E-state index in [1.54, 1.807) is 12.4 Å². The number of hydrogen-bond acceptors (Lipinski definition) is 4. The van der Waals surface area contributed by atoms with Crippen molar-refractivity contribution in [2.45, 2.75) is 39.3 Å². The van der Waals surface area contributed by atoms with E-state index in [9.17, 15) is 4.79 Å². The van der Waals surface area contributed by atoms with Crippen molar-refractivity contribution in [3.05, 3.63) is 48.6 Å². The molecule has 3 aromatic heterocycles. The van der Waals surface area contributed by atoms with E-state index < -0.39 is 0 Å². The molecule has 0 aliphatic heterocycles. The van der Waals surface area contributed by atoms with Crippen LogP contribution in [0.15, 0.2) is 37.1 Å². The molecule has 0 aliphatic rings.